The van der Waals surface area contributed by atoms with E-state index in [2.05, 4.69) is 17.6 Å². The van der Waals surface area contributed by atoms with Gasteiger partial charge in [-0.25, -0.2) is 4.79 Å². The molecule has 0 aliphatic carbocycles. The Morgan fingerprint density at radius 1 is 1.53 bits per heavy atom. The molecule has 2 fully saturated rings. The van der Waals surface area contributed by atoms with Crippen molar-refractivity contribution in [3.63, 3.8) is 0 Å². The number of carbonyl (C=O) groups excluding carboxylic acids is 1. The second-order valence-electron chi connectivity index (χ2n) is 4.55. The maximum atomic E-state index is 11.9. The topological polar surface area (TPSA) is 44.4 Å². The number of likely N-dealkylation sites (tertiary alicyclic amines) is 1. The number of carbonyl (C=O) groups is 1. The molecule has 86 valence electrons. The summed E-state index contributed by atoms with van der Waals surface area (Å²) in [6, 6.07) is 0.575. The average molecular weight is 211 g/mol. The minimum atomic E-state index is 0.134. The van der Waals surface area contributed by atoms with Crippen LogP contribution in [0.4, 0.5) is 4.79 Å². The lowest BCUT2D eigenvalue weighted by molar-refractivity contribution is 0.136. The Labute approximate surface area is 91.4 Å². The van der Waals surface area contributed by atoms with Crippen molar-refractivity contribution < 1.29 is 4.79 Å². The van der Waals surface area contributed by atoms with Crippen molar-refractivity contribution in [2.45, 2.75) is 32.2 Å². The van der Waals surface area contributed by atoms with E-state index in [9.17, 15) is 4.79 Å². The minimum absolute atomic E-state index is 0.134. The smallest absolute Gasteiger partial charge is 0.317 e. The van der Waals surface area contributed by atoms with E-state index in [1.54, 1.807) is 0 Å². The van der Waals surface area contributed by atoms with Gasteiger partial charge >= 0.3 is 6.03 Å². The van der Waals surface area contributed by atoms with Crippen molar-refractivity contribution in [3.8, 4) is 0 Å². The molecule has 2 rings (SSSR count). The summed E-state index contributed by atoms with van der Waals surface area (Å²) in [5, 5.41) is 6.36. The van der Waals surface area contributed by atoms with Gasteiger partial charge in [-0.1, -0.05) is 6.92 Å². The second-order valence-corrected chi connectivity index (χ2v) is 4.55. The Hall–Kier alpha value is -0.770. The zero-order chi connectivity index (χ0) is 10.7. The van der Waals surface area contributed by atoms with Crippen molar-refractivity contribution in [3.05, 3.63) is 0 Å². The molecule has 4 nitrogen and oxygen atoms in total. The number of amides is 2. The molecule has 0 bridgehead atoms. The van der Waals surface area contributed by atoms with E-state index in [1.807, 2.05) is 4.90 Å². The molecular formula is C11H21N3O. The standard InChI is InChI=1S/C11H21N3O/c1-2-5-13-11(15)14-6-3-4-9-7-12-8-10(9)14/h9-10,12H,2-8H2,1H3,(H,13,15). The van der Waals surface area contributed by atoms with Crippen LogP contribution in [0.2, 0.25) is 0 Å². The Bertz CT molecular complexity index is 232. The number of urea groups is 1. The van der Waals surface area contributed by atoms with Gasteiger partial charge in [0.2, 0.25) is 0 Å². The number of rotatable bonds is 2. The van der Waals surface area contributed by atoms with E-state index >= 15 is 0 Å². The molecule has 0 aromatic carbocycles. The lowest BCUT2D eigenvalue weighted by Crippen LogP contribution is -2.52. The Morgan fingerprint density at radius 3 is 3.20 bits per heavy atom. The number of nitrogens with one attached hydrogen (secondary N) is 2. The molecule has 0 aromatic rings. The van der Waals surface area contributed by atoms with Gasteiger partial charge in [-0.15, -0.1) is 0 Å². The maximum Gasteiger partial charge on any atom is 0.317 e. The zero-order valence-electron chi connectivity index (χ0n) is 9.46. The summed E-state index contributed by atoms with van der Waals surface area (Å²) in [6.45, 7) is 5.86. The molecule has 2 unspecified atom stereocenters. The van der Waals surface area contributed by atoms with E-state index in [0.29, 0.717) is 12.0 Å². The molecule has 2 amide bonds. The van der Waals surface area contributed by atoms with Crippen LogP contribution in [-0.2, 0) is 0 Å². The maximum absolute atomic E-state index is 11.9. The van der Waals surface area contributed by atoms with E-state index in [4.69, 9.17) is 0 Å². The van der Waals surface area contributed by atoms with Gasteiger partial charge in [0.15, 0.2) is 0 Å². The minimum Gasteiger partial charge on any atom is -0.338 e. The molecule has 2 saturated heterocycles. The number of nitrogens with zero attached hydrogens (tertiary/aromatic N) is 1. The first-order valence-corrected chi connectivity index (χ1v) is 6.08. The Balaban J connectivity index is 1.92. The first kappa shape index (κ1) is 10.7. The third-order valence-corrected chi connectivity index (χ3v) is 3.47. The summed E-state index contributed by atoms with van der Waals surface area (Å²) < 4.78 is 0. The van der Waals surface area contributed by atoms with Gasteiger partial charge < -0.3 is 15.5 Å². The molecule has 0 aromatic heterocycles. The molecule has 0 saturated carbocycles. The highest BCUT2D eigenvalue weighted by Crippen LogP contribution is 2.26. The van der Waals surface area contributed by atoms with Gasteiger partial charge in [-0.05, 0) is 25.2 Å². The SMILES string of the molecule is CCCNC(=O)N1CCCC2CNCC21. The van der Waals surface area contributed by atoms with Gasteiger partial charge in [-0.2, -0.15) is 0 Å². The normalized spacial score (nSPS) is 30.1. The van der Waals surface area contributed by atoms with Crippen LogP contribution >= 0.6 is 0 Å². The van der Waals surface area contributed by atoms with Crippen molar-refractivity contribution in [1.82, 2.24) is 15.5 Å². The largest absolute Gasteiger partial charge is 0.338 e. The number of hydrogen-bond donors (Lipinski definition) is 2. The van der Waals surface area contributed by atoms with Crippen LogP contribution in [0.5, 0.6) is 0 Å². The molecule has 2 heterocycles. The fourth-order valence-corrected chi connectivity index (χ4v) is 2.65. The molecule has 4 heteroatoms. The fourth-order valence-electron chi connectivity index (χ4n) is 2.65. The van der Waals surface area contributed by atoms with Gasteiger partial charge in [0.05, 0.1) is 0 Å². The first-order valence-electron chi connectivity index (χ1n) is 6.08. The summed E-state index contributed by atoms with van der Waals surface area (Å²) in [4.78, 5) is 13.9. The first-order chi connectivity index (χ1) is 7.33. The van der Waals surface area contributed by atoms with E-state index in [1.165, 1.54) is 6.42 Å². The molecule has 2 N–H and O–H groups in total. The summed E-state index contributed by atoms with van der Waals surface area (Å²) in [5.74, 6) is 0.686. The van der Waals surface area contributed by atoms with Gasteiger partial charge in [0.25, 0.3) is 0 Å². The second kappa shape index (κ2) is 4.84. The Morgan fingerprint density at radius 2 is 2.40 bits per heavy atom. The van der Waals surface area contributed by atoms with E-state index in [0.717, 1.165) is 39.0 Å². The number of fused-ring (bicyclic) bond motifs is 1. The van der Waals surface area contributed by atoms with Crippen LogP contribution in [0.1, 0.15) is 26.2 Å². The fraction of sp³-hybridized carbons (Fsp3) is 0.909. The summed E-state index contributed by atoms with van der Waals surface area (Å²) in [6.07, 6.45) is 3.43. The Kier molecular flexibility index (Phi) is 3.46. The van der Waals surface area contributed by atoms with Crippen LogP contribution in [0.25, 0.3) is 0 Å². The number of hydrogen-bond acceptors (Lipinski definition) is 2. The van der Waals surface area contributed by atoms with Crippen LogP contribution in [0, 0.1) is 5.92 Å². The van der Waals surface area contributed by atoms with Crippen LogP contribution in [-0.4, -0.2) is 43.2 Å². The highest BCUT2D eigenvalue weighted by molar-refractivity contribution is 5.74. The highest BCUT2D eigenvalue weighted by atomic mass is 16.2. The lowest BCUT2D eigenvalue weighted by atomic mass is 9.92. The lowest BCUT2D eigenvalue weighted by Gasteiger charge is -2.36. The molecule has 2 atom stereocenters. The van der Waals surface area contributed by atoms with Crippen LogP contribution in [0.15, 0.2) is 0 Å². The van der Waals surface area contributed by atoms with Crippen molar-refractivity contribution >= 4 is 6.03 Å². The number of piperidine rings is 1. The van der Waals surface area contributed by atoms with Gasteiger partial charge in [0.1, 0.15) is 0 Å². The van der Waals surface area contributed by atoms with Gasteiger partial charge in [0, 0.05) is 32.2 Å². The molecule has 2 aliphatic rings. The summed E-state index contributed by atoms with van der Waals surface area (Å²) in [5.41, 5.74) is 0. The van der Waals surface area contributed by atoms with E-state index < -0.39 is 0 Å². The molecular weight excluding hydrogens is 190 g/mol. The highest BCUT2D eigenvalue weighted by Gasteiger charge is 2.37. The predicted molar refractivity (Wildman–Crippen MR) is 59.8 cm³/mol. The molecule has 2 aliphatic heterocycles. The van der Waals surface area contributed by atoms with Gasteiger partial charge in [-0.3, -0.25) is 0 Å². The molecule has 15 heavy (non-hydrogen) atoms. The third-order valence-electron chi connectivity index (χ3n) is 3.47. The van der Waals surface area contributed by atoms with Crippen molar-refractivity contribution in [2.75, 3.05) is 26.2 Å². The summed E-state index contributed by atoms with van der Waals surface area (Å²) in [7, 11) is 0. The van der Waals surface area contributed by atoms with E-state index in [-0.39, 0.29) is 6.03 Å². The van der Waals surface area contributed by atoms with Crippen LogP contribution < -0.4 is 10.6 Å². The quantitative estimate of drug-likeness (QED) is 0.709. The van der Waals surface area contributed by atoms with Crippen molar-refractivity contribution in [1.29, 1.82) is 0 Å². The monoisotopic (exact) mass is 211 g/mol. The molecule has 0 spiro atoms. The average Bonchev–Trinajstić information content (AvgIpc) is 2.73. The van der Waals surface area contributed by atoms with Crippen LogP contribution in [0.3, 0.4) is 0 Å². The summed E-state index contributed by atoms with van der Waals surface area (Å²) >= 11 is 0. The third kappa shape index (κ3) is 2.25. The predicted octanol–water partition coefficient (Wildman–Crippen LogP) is 0.790. The zero-order valence-corrected chi connectivity index (χ0v) is 9.46. The van der Waals surface area contributed by atoms with Crippen molar-refractivity contribution in [2.24, 2.45) is 5.92 Å². The molecule has 0 radical (unpaired) electrons.